The molecule has 0 bridgehead atoms. The molecule has 2 unspecified atom stereocenters. The third kappa shape index (κ3) is 3.32. The van der Waals surface area contributed by atoms with E-state index in [1.54, 1.807) is 0 Å². The van der Waals surface area contributed by atoms with E-state index in [1.807, 2.05) is 13.1 Å². The topological polar surface area (TPSA) is 21.3 Å². The predicted molar refractivity (Wildman–Crippen MR) is 66.3 cm³/mol. The summed E-state index contributed by atoms with van der Waals surface area (Å²) in [5.41, 5.74) is 1.27. The lowest BCUT2D eigenvalue weighted by molar-refractivity contribution is 0.00927. The van der Waals surface area contributed by atoms with Gasteiger partial charge in [0.05, 0.1) is 12.7 Å². The highest BCUT2D eigenvalue weighted by molar-refractivity contribution is 5.13. The maximum atomic E-state index is 5.96. The molecule has 0 heterocycles. The fourth-order valence-electron chi connectivity index (χ4n) is 2.35. The molecule has 0 spiro atoms. The number of hydrogen-bond acceptors (Lipinski definition) is 2. The van der Waals surface area contributed by atoms with Crippen LogP contribution in [-0.2, 0) is 11.3 Å². The van der Waals surface area contributed by atoms with Crippen LogP contribution in [0.15, 0.2) is 30.3 Å². The van der Waals surface area contributed by atoms with Crippen LogP contribution < -0.4 is 5.32 Å². The fraction of sp³-hybridized carbons (Fsp3) is 0.571. The Labute approximate surface area is 98.0 Å². The molecule has 1 aromatic rings. The minimum atomic E-state index is 0.436. The standard InChI is InChI=1S/C14H21NO/c1-15-13-8-5-9-14(10-13)16-11-12-6-3-2-4-7-12/h2-4,6-7,13-15H,5,8-11H2,1H3. The molecule has 2 atom stereocenters. The van der Waals surface area contributed by atoms with Crippen molar-refractivity contribution in [1.82, 2.24) is 5.32 Å². The molecule has 0 aromatic heterocycles. The summed E-state index contributed by atoms with van der Waals surface area (Å²) < 4.78 is 5.96. The summed E-state index contributed by atoms with van der Waals surface area (Å²) in [5, 5.41) is 3.35. The minimum Gasteiger partial charge on any atom is -0.373 e. The number of nitrogens with one attached hydrogen (secondary N) is 1. The minimum absolute atomic E-state index is 0.436. The number of rotatable bonds is 4. The van der Waals surface area contributed by atoms with Gasteiger partial charge in [0.2, 0.25) is 0 Å². The van der Waals surface area contributed by atoms with E-state index in [0.717, 1.165) is 13.0 Å². The van der Waals surface area contributed by atoms with Crippen LogP contribution >= 0.6 is 0 Å². The van der Waals surface area contributed by atoms with Gasteiger partial charge in [0.25, 0.3) is 0 Å². The molecule has 1 saturated carbocycles. The maximum Gasteiger partial charge on any atom is 0.0720 e. The van der Waals surface area contributed by atoms with E-state index in [0.29, 0.717) is 12.1 Å². The Bertz CT molecular complexity index is 299. The van der Waals surface area contributed by atoms with Gasteiger partial charge >= 0.3 is 0 Å². The van der Waals surface area contributed by atoms with E-state index in [9.17, 15) is 0 Å². The smallest absolute Gasteiger partial charge is 0.0720 e. The third-order valence-electron chi connectivity index (χ3n) is 3.36. The van der Waals surface area contributed by atoms with Crippen LogP contribution in [0.1, 0.15) is 31.2 Å². The molecule has 1 aliphatic carbocycles. The lowest BCUT2D eigenvalue weighted by atomic mass is 9.93. The van der Waals surface area contributed by atoms with Gasteiger partial charge in [0.1, 0.15) is 0 Å². The Hall–Kier alpha value is -0.860. The van der Waals surface area contributed by atoms with Gasteiger partial charge in [-0.15, -0.1) is 0 Å². The van der Waals surface area contributed by atoms with Crippen LogP contribution in [0.3, 0.4) is 0 Å². The lowest BCUT2D eigenvalue weighted by Crippen LogP contribution is -2.34. The highest BCUT2D eigenvalue weighted by atomic mass is 16.5. The van der Waals surface area contributed by atoms with E-state index >= 15 is 0 Å². The summed E-state index contributed by atoms with van der Waals surface area (Å²) >= 11 is 0. The second-order valence-electron chi connectivity index (χ2n) is 4.57. The average molecular weight is 219 g/mol. The van der Waals surface area contributed by atoms with Gasteiger partial charge < -0.3 is 10.1 Å². The molecular formula is C14H21NO. The average Bonchev–Trinajstić information content (AvgIpc) is 2.38. The summed E-state index contributed by atoms with van der Waals surface area (Å²) in [6.45, 7) is 0.752. The molecule has 0 radical (unpaired) electrons. The van der Waals surface area contributed by atoms with Crippen LogP contribution in [0.2, 0.25) is 0 Å². The monoisotopic (exact) mass is 219 g/mol. The van der Waals surface area contributed by atoms with Crippen molar-refractivity contribution in [2.24, 2.45) is 0 Å². The van der Waals surface area contributed by atoms with Crippen molar-refractivity contribution in [2.75, 3.05) is 7.05 Å². The van der Waals surface area contributed by atoms with Crippen molar-refractivity contribution in [3.05, 3.63) is 35.9 Å². The molecule has 16 heavy (non-hydrogen) atoms. The summed E-state index contributed by atoms with van der Waals surface area (Å²) in [6.07, 6.45) is 5.38. The van der Waals surface area contributed by atoms with Gasteiger partial charge in [0, 0.05) is 6.04 Å². The molecule has 2 heteroatoms. The van der Waals surface area contributed by atoms with Gasteiger partial charge in [0.15, 0.2) is 0 Å². The summed E-state index contributed by atoms with van der Waals surface area (Å²) in [7, 11) is 2.05. The van der Waals surface area contributed by atoms with Gasteiger partial charge in [-0.25, -0.2) is 0 Å². The molecular weight excluding hydrogens is 198 g/mol. The van der Waals surface area contributed by atoms with Crippen LogP contribution in [0.5, 0.6) is 0 Å². The molecule has 1 N–H and O–H groups in total. The Balaban J connectivity index is 1.77. The van der Waals surface area contributed by atoms with Gasteiger partial charge in [-0.05, 0) is 38.3 Å². The van der Waals surface area contributed by atoms with E-state index in [1.165, 1.54) is 24.8 Å². The van der Waals surface area contributed by atoms with E-state index in [4.69, 9.17) is 4.74 Å². The molecule has 0 saturated heterocycles. The number of ether oxygens (including phenoxy) is 1. The second kappa shape index (κ2) is 6.02. The third-order valence-corrected chi connectivity index (χ3v) is 3.36. The zero-order valence-electron chi connectivity index (χ0n) is 9.99. The Morgan fingerprint density at radius 1 is 1.25 bits per heavy atom. The van der Waals surface area contributed by atoms with Gasteiger partial charge in [-0.1, -0.05) is 30.3 Å². The zero-order chi connectivity index (χ0) is 11.2. The summed E-state index contributed by atoms with van der Waals surface area (Å²) in [6, 6.07) is 11.1. The first-order valence-electron chi connectivity index (χ1n) is 6.21. The maximum absolute atomic E-state index is 5.96. The van der Waals surface area contributed by atoms with Crippen LogP contribution in [0.25, 0.3) is 0 Å². The van der Waals surface area contributed by atoms with Crippen molar-refractivity contribution in [1.29, 1.82) is 0 Å². The first kappa shape index (κ1) is 11.6. The first-order chi connectivity index (χ1) is 7.88. The van der Waals surface area contributed by atoms with Crippen LogP contribution in [0, 0.1) is 0 Å². The summed E-state index contributed by atoms with van der Waals surface area (Å²) in [5.74, 6) is 0. The largest absolute Gasteiger partial charge is 0.373 e. The predicted octanol–water partition coefficient (Wildman–Crippen LogP) is 2.73. The van der Waals surface area contributed by atoms with Gasteiger partial charge in [-0.3, -0.25) is 0 Å². The first-order valence-corrected chi connectivity index (χ1v) is 6.21. The number of hydrogen-bond donors (Lipinski definition) is 1. The molecule has 1 aromatic carbocycles. The molecule has 88 valence electrons. The molecule has 0 aliphatic heterocycles. The van der Waals surface area contributed by atoms with Crippen molar-refractivity contribution in [3.63, 3.8) is 0 Å². The molecule has 2 nitrogen and oxygen atoms in total. The fourth-order valence-corrected chi connectivity index (χ4v) is 2.35. The number of benzene rings is 1. The van der Waals surface area contributed by atoms with Crippen LogP contribution in [-0.4, -0.2) is 19.2 Å². The summed E-state index contributed by atoms with van der Waals surface area (Å²) in [4.78, 5) is 0. The van der Waals surface area contributed by atoms with Crippen LogP contribution in [0.4, 0.5) is 0 Å². The highest BCUT2D eigenvalue weighted by Gasteiger charge is 2.20. The van der Waals surface area contributed by atoms with Crippen molar-refractivity contribution in [3.8, 4) is 0 Å². The Morgan fingerprint density at radius 3 is 2.81 bits per heavy atom. The molecule has 1 fully saturated rings. The quantitative estimate of drug-likeness (QED) is 0.840. The SMILES string of the molecule is CNC1CCCC(OCc2ccccc2)C1. The van der Waals surface area contributed by atoms with E-state index in [-0.39, 0.29) is 0 Å². The van der Waals surface area contributed by atoms with Crippen molar-refractivity contribution < 1.29 is 4.74 Å². The van der Waals surface area contributed by atoms with Crippen molar-refractivity contribution in [2.45, 2.75) is 44.4 Å². The lowest BCUT2D eigenvalue weighted by Gasteiger charge is -2.28. The Morgan fingerprint density at radius 2 is 2.06 bits per heavy atom. The normalized spacial score (nSPS) is 25.6. The molecule has 2 rings (SSSR count). The molecule has 1 aliphatic rings. The zero-order valence-corrected chi connectivity index (χ0v) is 9.99. The Kier molecular flexibility index (Phi) is 4.37. The second-order valence-corrected chi connectivity index (χ2v) is 4.57. The van der Waals surface area contributed by atoms with Gasteiger partial charge in [-0.2, -0.15) is 0 Å². The highest BCUT2D eigenvalue weighted by Crippen LogP contribution is 2.21. The molecule has 0 amide bonds. The van der Waals surface area contributed by atoms with E-state index in [2.05, 4.69) is 29.6 Å². The van der Waals surface area contributed by atoms with Crippen molar-refractivity contribution >= 4 is 0 Å². The van der Waals surface area contributed by atoms with E-state index < -0.39 is 0 Å².